The topological polar surface area (TPSA) is 26.7 Å². The quantitative estimate of drug-likeness (QED) is 0.730. The summed E-state index contributed by atoms with van der Waals surface area (Å²) in [5.74, 6) is 1.09. The predicted molar refractivity (Wildman–Crippen MR) is 119 cm³/mol. The van der Waals surface area contributed by atoms with Crippen LogP contribution in [0.1, 0.15) is 24.0 Å². The molecule has 4 rings (SSSR count). The van der Waals surface area contributed by atoms with E-state index in [0.29, 0.717) is 11.5 Å². The second-order valence-electron chi connectivity index (χ2n) is 8.16. The molecule has 29 heavy (non-hydrogen) atoms. The van der Waals surface area contributed by atoms with Crippen molar-refractivity contribution in [2.75, 3.05) is 19.6 Å². The van der Waals surface area contributed by atoms with Crippen molar-refractivity contribution < 1.29 is 5.11 Å². The normalized spacial score (nSPS) is 18.5. The third-order valence-corrected chi connectivity index (χ3v) is 6.04. The van der Waals surface area contributed by atoms with E-state index < -0.39 is 0 Å². The van der Waals surface area contributed by atoms with Crippen molar-refractivity contribution in [1.82, 2.24) is 9.80 Å². The second kappa shape index (κ2) is 9.15. The van der Waals surface area contributed by atoms with E-state index in [1.54, 1.807) is 0 Å². The fourth-order valence-electron chi connectivity index (χ4n) is 4.26. The van der Waals surface area contributed by atoms with Crippen LogP contribution >= 0.6 is 0 Å². The summed E-state index contributed by atoms with van der Waals surface area (Å²) < 4.78 is 0. The van der Waals surface area contributed by atoms with Gasteiger partial charge in [-0.15, -0.1) is 0 Å². The minimum atomic E-state index is 0.329. The number of benzene rings is 2. The number of likely N-dealkylation sites (tertiary alicyclic amines) is 1. The minimum Gasteiger partial charge on any atom is -0.505 e. The van der Waals surface area contributed by atoms with E-state index in [4.69, 9.17) is 0 Å². The highest BCUT2D eigenvalue weighted by Crippen LogP contribution is 2.27. The summed E-state index contributed by atoms with van der Waals surface area (Å²) in [6, 6.07) is 21.1. The van der Waals surface area contributed by atoms with E-state index in [1.807, 2.05) is 35.4 Å². The summed E-state index contributed by atoms with van der Waals surface area (Å²) in [6.07, 6.45) is 7.70. The Balaban J connectivity index is 1.30. The summed E-state index contributed by atoms with van der Waals surface area (Å²) in [7, 11) is 0. The van der Waals surface area contributed by atoms with Crippen molar-refractivity contribution in [2.45, 2.75) is 25.8 Å². The first-order chi connectivity index (χ1) is 14.2. The summed E-state index contributed by atoms with van der Waals surface area (Å²) >= 11 is 0. The van der Waals surface area contributed by atoms with E-state index in [2.05, 4.69) is 53.9 Å². The Hall–Kier alpha value is -2.78. The molecule has 1 N–H and O–H groups in total. The maximum Gasteiger partial charge on any atom is 0.143 e. The number of aliphatic hydroxyl groups is 1. The molecule has 0 aliphatic carbocycles. The van der Waals surface area contributed by atoms with Gasteiger partial charge in [-0.2, -0.15) is 0 Å². The van der Waals surface area contributed by atoms with Gasteiger partial charge < -0.3 is 10.0 Å². The highest BCUT2D eigenvalue weighted by Gasteiger charge is 2.23. The number of hydrogen-bond acceptors (Lipinski definition) is 3. The number of piperidine rings is 1. The monoisotopic (exact) mass is 386 g/mol. The molecule has 0 bridgehead atoms. The molecule has 0 atom stereocenters. The van der Waals surface area contributed by atoms with Crippen LogP contribution in [0.3, 0.4) is 0 Å². The van der Waals surface area contributed by atoms with E-state index in [0.717, 1.165) is 37.7 Å². The lowest BCUT2D eigenvalue weighted by Crippen LogP contribution is -2.36. The van der Waals surface area contributed by atoms with Gasteiger partial charge in [-0.1, -0.05) is 67.2 Å². The van der Waals surface area contributed by atoms with Crippen LogP contribution in [0.15, 0.2) is 96.5 Å². The highest BCUT2D eigenvalue weighted by atomic mass is 16.3. The van der Waals surface area contributed by atoms with Gasteiger partial charge >= 0.3 is 0 Å². The maximum absolute atomic E-state index is 10.7. The number of nitrogens with zero attached hydrogens (tertiary/aromatic N) is 2. The molecule has 1 fully saturated rings. The van der Waals surface area contributed by atoms with Crippen LogP contribution in [-0.2, 0) is 13.0 Å². The SMILES string of the molecule is C=C1C(O)=C(CN2CCC(Cc3ccccc3)CC2)C=CN1Cc1ccccc1. The summed E-state index contributed by atoms with van der Waals surface area (Å²) in [4.78, 5) is 4.47. The van der Waals surface area contributed by atoms with Crippen LogP contribution in [0.2, 0.25) is 0 Å². The molecule has 2 heterocycles. The number of hydrogen-bond donors (Lipinski definition) is 1. The Morgan fingerprint density at radius 1 is 0.862 bits per heavy atom. The molecule has 2 aliphatic rings. The van der Waals surface area contributed by atoms with Crippen molar-refractivity contribution in [3.63, 3.8) is 0 Å². The molecule has 2 aromatic rings. The predicted octanol–water partition coefficient (Wildman–Crippen LogP) is 5.30. The molecule has 0 aromatic heterocycles. The van der Waals surface area contributed by atoms with Crippen molar-refractivity contribution in [1.29, 1.82) is 0 Å². The van der Waals surface area contributed by atoms with E-state index in [1.165, 1.54) is 30.4 Å². The molecular formula is C26H30N2O. The third kappa shape index (κ3) is 4.99. The molecule has 0 unspecified atom stereocenters. The standard InChI is InChI=1S/C26H30N2O/c1-21-26(29)25(14-17-28(21)19-24-10-6-3-7-11-24)20-27-15-12-23(13-16-27)18-22-8-4-2-5-9-22/h2-11,14,17,23,29H,1,12-13,15-16,18-20H2. The van der Waals surface area contributed by atoms with Crippen LogP contribution in [-0.4, -0.2) is 34.5 Å². The zero-order chi connectivity index (χ0) is 20.1. The summed E-state index contributed by atoms with van der Waals surface area (Å²) in [5.41, 5.74) is 4.30. The third-order valence-electron chi connectivity index (χ3n) is 6.04. The summed E-state index contributed by atoms with van der Waals surface area (Å²) in [6.45, 7) is 7.81. The Kier molecular flexibility index (Phi) is 6.16. The van der Waals surface area contributed by atoms with Gasteiger partial charge in [0.15, 0.2) is 0 Å². The Morgan fingerprint density at radius 3 is 2.14 bits per heavy atom. The molecule has 0 spiro atoms. The lowest BCUT2D eigenvalue weighted by Gasteiger charge is -2.34. The second-order valence-corrected chi connectivity index (χ2v) is 8.16. The zero-order valence-corrected chi connectivity index (χ0v) is 17.0. The van der Waals surface area contributed by atoms with Crippen molar-refractivity contribution in [2.24, 2.45) is 5.92 Å². The van der Waals surface area contributed by atoms with Crippen LogP contribution in [0.4, 0.5) is 0 Å². The first kappa shape index (κ1) is 19.5. The molecule has 1 saturated heterocycles. The highest BCUT2D eigenvalue weighted by molar-refractivity contribution is 5.39. The number of rotatable bonds is 6. The van der Waals surface area contributed by atoms with E-state index in [-0.39, 0.29) is 0 Å². The average Bonchev–Trinajstić information content (AvgIpc) is 2.76. The van der Waals surface area contributed by atoms with Gasteiger partial charge in [0, 0.05) is 24.9 Å². The minimum absolute atomic E-state index is 0.329. The largest absolute Gasteiger partial charge is 0.505 e. The smallest absolute Gasteiger partial charge is 0.143 e. The fourth-order valence-corrected chi connectivity index (χ4v) is 4.26. The van der Waals surface area contributed by atoms with E-state index in [9.17, 15) is 5.11 Å². The van der Waals surface area contributed by atoms with Gasteiger partial charge in [-0.3, -0.25) is 4.90 Å². The van der Waals surface area contributed by atoms with Crippen LogP contribution in [0.25, 0.3) is 0 Å². The van der Waals surface area contributed by atoms with Gasteiger partial charge in [0.1, 0.15) is 5.76 Å². The first-order valence-corrected chi connectivity index (χ1v) is 10.6. The molecule has 0 radical (unpaired) electrons. The Labute approximate surface area is 174 Å². The van der Waals surface area contributed by atoms with Crippen molar-refractivity contribution in [3.05, 3.63) is 108 Å². The first-order valence-electron chi connectivity index (χ1n) is 10.6. The Bertz CT molecular complexity index is 877. The summed E-state index contributed by atoms with van der Waals surface area (Å²) in [5, 5.41) is 10.7. The van der Waals surface area contributed by atoms with Gasteiger partial charge in [0.25, 0.3) is 0 Å². The molecule has 0 saturated carbocycles. The van der Waals surface area contributed by atoms with Gasteiger partial charge in [-0.05, 0) is 55.5 Å². The Morgan fingerprint density at radius 2 is 1.48 bits per heavy atom. The molecular weight excluding hydrogens is 356 g/mol. The van der Waals surface area contributed by atoms with Crippen LogP contribution in [0.5, 0.6) is 0 Å². The van der Waals surface area contributed by atoms with Crippen LogP contribution < -0.4 is 0 Å². The lowest BCUT2D eigenvalue weighted by atomic mass is 9.90. The molecule has 0 amide bonds. The maximum atomic E-state index is 10.7. The van der Waals surface area contributed by atoms with Crippen molar-refractivity contribution in [3.8, 4) is 0 Å². The molecule has 2 aromatic carbocycles. The van der Waals surface area contributed by atoms with E-state index >= 15 is 0 Å². The van der Waals surface area contributed by atoms with Gasteiger partial charge in [0.2, 0.25) is 0 Å². The molecule has 3 nitrogen and oxygen atoms in total. The average molecular weight is 387 g/mol. The molecule has 3 heteroatoms. The molecule has 2 aliphatic heterocycles. The number of aliphatic hydroxyl groups excluding tert-OH is 1. The molecule has 150 valence electrons. The van der Waals surface area contributed by atoms with Gasteiger partial charge in [0.05, 0.1) is 5.70 Å². The lowest BCUT2D eigenvalue weighted by molar-refractivity contribution is 0.195. The van der Waals surface area contributed by atoms with Gasteiger partial charge in [-0.25, -0.2) is 0 Å². The van der Waals surface area contributed by atoms with Crippen molar-refractivity contribution >= 4 is 0 Å². The fraction of sp³-hybridized carbons (Fsp3) is 0.308. The van der Waals surface area contributed by atoms with Crippen LogP contribution in [0, 0.1) is 5.92 Å². The zero-order valence-electron chi connectivity index (χ0n) is 17.0.